The van der Waals surface area contributed by atoms with Crippen LogP contribution in [0.2, 0.25) is 0 Å². The number of sulfone groups is 1. The van der Waals surface area contributed by atoms with E-state index in [4.69, 9.17) is 4.74 Å². The Morgan fingerprint density at radius 1 is 1.21 bits per heavy atom. The Balaban J connectivity index is 1.60. The van der Waals surface area contributed by atoms with Gasteiger partial charge in [-0.3, -0.25) is 9.78 Å². The topological polar surface area (TPSA) is 107 Å². The summed E-state index contributed by atoms with van der Waals surface area (Å²) in [6.45, 7) is 1.33. The van der Waals surface area contributed by atoms with Crippen LogP contribution in [0.3, 0.4) is 0 Å². The van der Waals surface area contributed by atoms with Gasteiger partial charge in [0.25, 0.3) is 5.91 Å². The Kier molecular flexibility index (Phi) is 4.53. The molecule has 1 aliphatic carbocycles. The van der Waals surface area contributed by atoms with E-state index in [1.807, 2.05) is 0 Å². The van der Waals surface area contributed by atoms with Crippen LogP contribution in [-0.2, 0) is 19.4 Å². The van der Waals surface area contributed by atoms with Crippen molar-refractivity contribution in [2.24, 2.45) is 0 Å². The summed E-state index contributed by atoms with van der Waals surface area (Å²) < 4.78 is 28.3. The predicted octanol–water partition coefficient (Wildman–Crippen LogP) is 0.120. The Morgan fingerprint density at radius 2 is 1.96 bits per heavy atom. The molecular weight excluding hydrogens is 334 g/mol. The first-order valence-corrected chi connectivity index (χ1v) is 9.65. The molecule has 1 amide bonds. The van der Waals surface area contributed by atoms with Crippen LogP contribution in [0.5, 0.6) is 0 Å². The highest BCUT2D eigenvalue weighted by Gasteiger charge is 2.42. The zero-order valence-corrected chi connectivity index (χ0v) is 14.2. The summed E-state index contributed by atoms with van der Waals surface area (Å²) in [6, 6.07) is -0.249. The van der Waals surface area contributed by atoms with E-state index in [1.54, 1.807) is 11.8 Å². The van der Waals surface area contributed by atoms with Crippen molar-refractivity contribution in [1.82, 2.24) is 14.9 Å². The van der Waals surface area contributed by atoms with Gasteiger partial charge in [0, 0.05) is 18.3 Å². The second-order valence-corrected chi connectivity index (χ2v) is 8.44. The van der Waals surface area contributed by atoms with Crippen molar-refractivity contribution in [2.45, 2.75) is 38.3 Å². The molecule has 1 aromatic rings. The number of nitrogens with zero attached hydrogens (tertiary/aromatic N) is 3. The largest absolute Gasteiger partial charge is 0.451 e. The molecule has 2 aliphatic rings. The lowest BCUT2D eigenvalue weighted by atomic mass is 10.2. The molecule has 9 heteroatoms. The minimum atomic E-state index is -3.08. The van der Waals surface area contributed by atoms with Crippen molar-refractivity contribution in [1.29, 1.82) is 0 Å². The van der Waals surface area contributed by atoms with Gasteiger partial charge in [0.15, 0.2) is 22.1 Å². The van der Waals surface area contributed by atoms with E-state index < -0.39 is 22.4 Å². The Morgan fingerprint density at radius 3 is 2.50 bits per heavy atom. The van der Waals surface area contributed by atoms with Crippen LogP contribution in [0, 0.1) is 6.92 Å². The number of hydrogen-bond acceptors (Lipinski definition) is 7. The summed E-state index contributed by atoms with van der Waals surface area (Å²) in [4.78, 5) is 33.8. The summed E-state index contributed by atoms with van der Waals surface area (Å²) in [5, 5.41) is 0. The van der Waals surface area contributed by atoms with Gasteiger partial charge in [0.05, 0.1) is 23.4 Å². The molecule has 0 N–H and O–H groups in total. The van der Waals surface area contributed by atoms with Crippen molar-refractivity contribution in [2.75, 3.05) is 18.1 Å². The van der Waals surface area contributed by atoms with E-state index in [1.165, 1.54) is 12.4 Å². The quantitative estimate of drug-likeness (QED) is 0.692. The Bertz CT molecular complexity index is 743. The molecule has 0 spiro atoms. The van der Waals surface area contributed by atoms with Gasteiger partial charge >= 0.3 is 5.97 Å². The van der Waals surface area contributed by atoms with Gasteiger partial charge in [-0.2, -0.15) is 0 Å². The maximum atomic E-state index is 12.4. The smallest absolute Gasteiger partial charge is 0.359 e. The molecule has 8 nitrogen and oxygen atoms in total. The Labute approximate surface area is 140 Å². The normalized spacial score (nSPS) is 22.1. The molecule has 130 valence electrons. The van der Waals surface area contributed by atoms with Gasteiger partial charge < -0.3 is 9.64 Å². The number of rotatable bonds is 5. The maximum absolute atomic E-state index is 12.4. The fourth-order valence-electron chi connectivity index (χ4n) is 2.83. The number of esters is 1. The van der Waals surface area contributed by atoms with E-state index in [-0.39, 0.29) is 35.2 Å². The predicted molar refractivity (Wildman–Crippen MR) is 84.0 cm³/mol. The van der Waals surface area contributed by atoms with E-state index in [0.29, 0.717) is 12.1 Å². The van der Waals surface area contributed by atoms with Gasteiger partial charge in [-0.25, -0.2) is 18.2 Å². The van der Waals surface area contributed by atoms with E-state index >= 15 is 0 Å². The standard InChI is InChI=1S/C15H19N3O5S/c1-10-6-17-13(7-16-10)15(20)23-8-14(19)18(11-2-3-11)12-4-5-24(21,22)9-12/h6-7,11-12H,2-5,8-9H2,1H3/t12-/m1/s1. The van der Waals surface area contributed by atoms with Crippen molar-refractivity contribution < 1.29 is 22.7 Å². The van der Waals surface area contributed by atoms with Crippen molar-refractivity contribution >= 4 is 21.7 Å². The SMILES string of the molecule is Cc1cnc(C(=O)OCC(=O)N(C2CC2)[C@@H]2CCS(=O)(=O)C2)cn1. The fraction of sp³-hybridized carbons (Fsp3) is 0.600. The van der Waals surface area contributed by atoms with Crippen LogP contribution in [0.15, 0.2) is 12.4 Å². The molecular formula is C15H19N3O5S. The van der Waals surface area contributed by atoms with Crippen LogP contribution in [0.4, 0.5) is 0 Å². The number of hydrogen-bond donors (Lipinski definition) is 0. The average Bonchev–Trinajstić information content (AvgIpc) is 3.29. The summed E-state index contributed by atoms with van der Waals surface area (Å²) in [6.07, 6.45) is 4.91. The van der Waals surface area contributed by atoms with Gasteiger partial charge in [0.2, 0.25) is 0 Å². The highest BCUT2D eigenvalue weighted by molar-refractivity contribution is 7.91. The molecule has 1 atom stereocenters. The Hall–Kier alpha value is -2.03. The number of aromatic nitrogens is 2. The summed E-state index contributed by atoms with van der Waals surface area (Å²) in [5.74, 6) is -0.974. The first-order valence-electron chi connectivity index (χ1n) is 7.83. The summed E-state index contributed by atoms with van der Waals surface area (Å²) in [7, 11) is -3.08. The average molecular weight is 353 g/mol. The lowest BCUT2D eigenvalue weighted by molar-refractivity contribution is -0.137. The van der Waals surface area contributed by atoms with Crippen LogP contribution < -0.4 is 0 Å². The number of ether oxygens (including phenoxy) is 1. The molecule has 1 saturated heterocycles. The molecule has 0 radical (unpaired) electrons. The van der Waals surface area contributed by atoms with Crippen molar-refractivity contribution in [3.8, 4) is 0 Å². The summed E-state index contributed by atoms with van der Waals surface area (Å²) in [5.41, 5.74) is 0.708. The molecule has 24 heavy (non-hydrogen) atoms. The molecule has 1 saturated carbocycles. The molecule has 1 aliphatic heterocycles. The van der Waals surface area contributed by atoms with Gasteiger partial charge in [-0.05, 0) is 26.2 Å². The fourth-order valence-corrected chi connectivity index (χ4v) is 4.54. The second kappa shape index (κ2) is 6.46. The molecule has 0 aromatic carbocycles. The number of aryl methyl sites for hydroxylation is 1. The van der Waals surface area contributed by atoms with E-state index in [0.717, 1.165) is 12.8 Å². The molecule has 0 bridgehead atoms. The second-order valence-electron chi connectivity index (χ2n) is 6.21. The number of amides is 1. The first-order chi connectivity index (χ1) is 11.4. The van der Waals surface area contributed by atoms with Crippen molar-refractivity contribution in [3.63, 3.8) is 0 Å². The van der Waals surface area contributed by atoms with Crippen LogP contribution in [-0.4, -0.2) is 65.4 Å². The summed E-state index contributed by atoms with van der Waals surface area (Å²) >= 11 is 0. The molecule has 0 unspecified atom stereocenters. The highest BCUT2D eigenvalue weighted by Crippen LogP contribution is 2.32. The van der Waals surface area contributed by atoms with E-state index in [9.17, 15) is 18.0 Å². The number of carbonyl (C=O) groups excluding carboxylic acids is 2. The third kappa shape index (κ3) is 3.89. The molecule has 2 fully saturated rings. The maximum Gasteiger partial charge on any atom is 0.359 e. The van der Waals surface area contributed by atoms with Crippen LogP contribution in [0.25, 0.3) is 0 Å². The minimum absolute atomic E-state index is 0.00732. The zero-order valence-electron chi connectivity index (χ0n) is 13.3. The third-order valence-corrected chi connectivity index (χ3v) is 5.90. The van der Waals surface area contributed by atoms with E-state index in [2.05, 4.69) is 9.97 Å². The zero-order chi connectivity index (χ0) is 17.3. The van der Waals surface area contributed by atoms with Gasteiger partial charge in [-0.1, -0.05) is 0 Å². The molecule has 2 heterocycles. The van der Waals surface area contributed by atoms with Gasteiger partial charge in [-0.15, -0.1) is 0 Å². The first kappa shape index (κ1) is 16.8. The number of carbonyl (C=O) groups is 2. The lowest BCUT2D eigenvalue weighted by Gasteiger charge is -2.28. The van der Waals surface area contributed by atoms with Crippen LogP contribution >= 0.6 is 0 Å². The molecule has 1 aromatic heterocycles. The van der Waals surface area contributed by atoms with Crippen molar-refractivity contribution in [3.05, 3.63) is 23.8 Å². The monoisotopic (exact) mass is 353 g/mol. The lowest BCUT2D eigenvalue weighted by Crippen LogP contribution is -2.44. The third-order valence-electron chi connectivity index (χ3n) is 4.15. The van der Waals surface area contributed by atoms with Gasteiger partial charge in [0.1, 0.15) is 0 Å². The minimum Gasteiger partial charge on any atom is -0.451 e. The highest BCUT2D eigenvalue weighted by atomic mass is 32.2. The van der Waals surface area contributed by atoms with Crippen LogP contribution in [0.1, 0.15) is 35.4 Å². The molecule has 3 rings (SSSR count).